The average Bonchev–Trinajstić information content (AvgIpc) is 3.29. The van der Waals surface area contributed by atoms with Crippen molar-refractivity contribution in [2.24, 2.45) is 0 Å². The lowest BCUT2D eigenvalue weighted by molar-refractivity contribution is -0.122. The van der Waals surface area contributed by atoms with E-state index in [0.717, 1.165) is 4.31 Å². The summed E-state index contributed by atoms with van der Waals surface area (Å²) in [7, 11) is -3.90. The van der Waals surface area contributed by atoms with E-state index >= 15 is 0 Å². The van der Waals surface area contributed by atoms with Crippen LogP contribution in [0, 0.1) is 0 Å². The van der Waals surface area contributed by atoms with E-state index in [4.69, 9.17) is 0 Å². The zero-order valence-corrected chi connectivity index (χ0v) is 16.5. The van der Waals surface area contributed by atoms with Gasteiger partial charge in [-0.25, -0.2) is 18.1 Å². The molecule has 0 unspecified atom stereocenters. The number of piperazine rings is 1. The van der Waals surface area contributed by atoms with E-state index in [1.807, 2.05) is 0 Å². The minimum absolute atomic E-state index is 0.0525. The van der Waals surface area contributed by atoms with Gasteiger partial charge in [0.25, 0.3) is 5.91 Å². The van der Waals surface area contributed by atoms with Crippen molar-refractivity contribution in [3.63, 3.8) is 0 Å². The first-order valence-electron chi connectivity index (χ1n) is 9.08. The Balaban J connectivity index is 1.59. The maximum atomic E-state index is 12.9. The first-order chi connectivity index (χ1) is 14.4. The smallest absolute Gasteiger partial charge is 0.255 e. The molecule has 0 saturated carbocycles. The molecule has 1 aliphatic heterocycles. The second kappa shape index (κ2) is 8.05. The van der Waals surface area contributed by atoms with Crippen molar-refractivity contribution in [3.8, 4) is 5.82 Å². The summed E-state index contributed by atoms with van der Waals surface area (Å²) in [5.74, 6) is -0.426. The Morgan fingerprint density at radius 3 is 2.77 bits per heavy atom. The molecule has 3 heterocycles. The lowest BCUT2D eigenvalue weighted by Gasteiger charge is -2.26. The van der Waals surface area contributed by atoms with Crippen LogP contribution in [0.3, 0.4) is 0 Å². The highest BCUT2D eigenvalue weighted by molar-refractivity contribution is 7.89. The molecule has 0 spiro atoms. The highest BCUT2D eigenvalue weighted by Crippen LogP contribution is 2.20. The number of rotatable bonds is 5. The van der Waals surface area contributed by atoms with Gasteiger partial charge < -0.3 is 10.6 Å². The number of nitrogens with one attached hydrogen (secondary N) is 2. The van der Waals surface area contributed by atoms with E-state index < -0.39 is 15.9 Å². The second-order valence-electron chi connectivity index (χ2n) is 6.50. The van der Waals surface area contributed by atoms with E-state index in [1.165, 1.54) is 28.9 Å². The SMILES string of the molecule is O=C1CN(S(=O)(=O)c2cccc(C(=O)Nc3cccnc3-n3cccn3)c2)CCN1. The standard InChI is InChI=1S/C19H18N6O4S/c26-17-13-24(11-9-20-17)30(28,29)15-5-1-4-14(12-15)19(27)23-16-6-2-7-21-18(16)25-10-3-8-22-25/h1-8,10,12H,9,11,13H2,(H,20,26)(H,23,27). The van der Waals surface area contributed by atoms with Crippen molar-refractivity contribution >= 4 is 27.5 Å². The van der Waals surface area contributed by atoms with Crippen molar-refractivity contribution < 1.29 is 18.0 Å². The summed E-state index contributed by atoms with van der Waals surface area (Å²) in [4.78, 5) is 28.6. The first-order valence-corrected chi connectivity index (χ1v) is 10.5. The van der Waals surface area contributed by atoms with Crippen LogP contribution in [0.25, 0.3) is 5.82 Å². The van der Waals surface area contributed by atoms with Crippen LogP contribution in [0.4, 0.5) is 5.69 Å². The van der Waals surface area contributed by atoms with Gasteiger partial charge in [-0.3, -0.25) is 9.59 Å². The topological polar surface area (TPSA) is 126 Å². The van der Waals surface area contributed by atoms with Gasteiger partial charge in [0.1, 0.15) is 0 Å². The number of hydrogen-bond acceptors (Lipinski definition) is 6. The molecular formula is C19H18N6O4S. The first kappa shape index (κ1) is 19.7. The maximum absolute atomic E-state index is 12.9. The predicted octanol–water partition coefficient (Wildman–Crippen LogP) is 0.640. The molecule has 154 valence electrons. The molecule has 1 aliphatic rings. The van der Waals surface area contributed by atoms with Gasteiger partial charge in [-0.1, -0.05) is 6.07 Å². The van der Waals surface area contributed by atoms with Crippen molar-refractivity contribution in [1.29, 1.82) is 0 Å². The summed E-state index contributed by atoms with van der Waals surface area (Å²) in [5.41, 5.74) is 0.583. The Kier molecular flexibility index (Phi) is 5.29. The van der Waals surface area contributed by atoms with Crippen molar-refractivity contribution in [3.05, 3.63) is 66.6 Å². The number of aromatic nitrogens is 3. The molecule has 3 aromatic rings. The fourth-order valence-corrected chi connectivity index (χ4v) is 4.48. The molecule has 0 bridgehead atoms. The normalized spacial score (nSPS) is 14.9. The average molecular weight is 426 g/mol. The van der Waals surface area contributed by atoms with E-state index in [0.29, 0.717) is 11.5 Å². The van der Waals surface area contributed by atoms with Crippen molar-refractivity contribution in [2.45, 2.75) is 4.90 Å². The van der Waals surface area contributed by atoms with E-state index in [-0.39, 0.29) is 36.0 Å². The van der Waals surface area contributed by atoms with Crippen LogP contribution in [-0.2, 0) is 14.8 Å². The third-order valence-corrected chi connectivity index (χ3v) is 6.33. The summed E-state index contributed by atoms with van der Waals surface area (Å²) < 4.78 is 28.3. The molecular weight excluding hydrogens is 408 g/mol. The highest BCUT2D eigenvalue weighted by Gasteiger charge is 2.29. The Labute approximate surface area is 172 Å². The number of hydrogen-bond donors (Lipinski definition) is 2. The van der Waals surface area contributed by atoms with E-state index in [2.05, 4.69) is 20.7 Å². The molecule has 30 heavy (non-hydrogen) atoms. The fraction of sp³-hybridized carbons (Fsp3) is 0.158. The lowest BCUT2D eigenvalue weighted by Crippen LogP contribution is -2.49. The Morgan fingerprint density at radius 2 is 2.00 bits per heavy atom. The van der Waals surface area contributed by atoms with Crippen LogP contribution in [0.1, 0.15) is 10.4 Å². The largest absolute Gasteiger partial charge is 0.354 e. The van der Waals surface area contributed by atoms with Crippen LogP contribution in [-0.4, -0.2) is 58.9 Å². The van der Waals surface area contributed by atoms with Gasteiger partial charge in [-0.2, -0.15) is 9.40 Å². The Morgan fingerprint density at radius 1 is 1.13 bits per heavy atom. The van der Waals surface area contributed by atoms with Crippen molar-refractivity contribution in [1.82, 2.24) is 24.4 Å². The third-order valence-electron chi connectivity index (χ3n) is 4.49. The Bertz CT molecular complexity index is 1190. The van der Waals surface area contributed by atoms with E-state index in [9.17, 15) is 18.0 Å². The fourth-order valence-electron chi connectivity index (χ4n) is 3.03. The molecule has 2 N–H and O–H groups in total. The molecule has 0 aliphatic carbocycles. The van der Waals surface area contributed by atoms with Gasteiger partial charge in [-0.05, 0) is 36.4 Å². The number of amides is 2. The number of anilines is 1. The molecule has 1 aromatic carbocycles. The summed E-state index contributed by atoms with van der Waals surface area (Å²) in [6.07, 6.45) is 4.87. The van der Waals surface area contributed by atoms with Crippen LogP contribution >= 0.6 is 0 Å². The number of carbonyl (C=O) groups is 2. The minimum Gasteiger partial charge on any atom is -0.354 e. The summed E-state index contributed by atoms with van der Waals surface area (Å²) in [6, 6.07) is 10.8. The maximum Gasteiger partial charge on any atom is 0.255 e. The van der Waals surface area contributed by atoms with Gasteiger partial charge >= 0.3 is 0 Å². The van der Waals surface area contributed by atoms with Gasteiger partial charge in [0.05, 0.1) is 17.1 Å². The van der Waals surface area contributed by atoms with Gasteiger partial charge in [-0.15, -0.1) is 0 Å². The van der Waals surface area contributed by atoms with Crippen LogP contribution in [0.5, 0.6) is 0 Å². The molecule has 10 nitrogen and oxygen atoms in total. The zero-order chi connectivity index (χ0) is 21.1. The van der Waals surface area contributed by atoms with Crippen molar-refractivity contribution in [2.75, 3.05) is 25.0 Å². The third kappa shape index (κ3) is 3.93. The van der Waals surface area contributed by atoms with Gasteiger partial charge in [0, 0.05) is 37.2 Å². The van der Waals surface area contributed by atoms with Gasteiger partial charge in [0.15, 0.2) is 5.82 Å². The number of sulfonamides is 1. The quantitative estimate of drug-likeness (QED) is 0.617. The zero-order valence-electron chi connectivity index (χ0n) is 15.7. The molecule has 11 heteroatoms. The monoisotopic (exact) mass is 426 g/mol. The summed E-state index contributed by atoms with van der Waals surface area (Å²) in [6.45, 7) is 0.171. The second-order valence-corrected chi connectivity index (χ2v) is 8.43. The molecule has 4 rings (SSSR count). The van der Waals surface area contributed by atoms with Gasteiger partial charge in [0.2, 0.25) is 15.9 Å². The Hall–Kier alpha value is -3.57. The van der Waals surface area contributed by atoms with Crippen LogP contribution < -0.4 is 10.6 Å². The lowest BCUT2D eigenvalue weighted by atomic mass is 10.2. The van der Waals surface area contributed by atoms with Crippen LogP contribution in [0.15, 0.2) is 66.0 Å². The van der Waals surface area contributed by atoms with Crippen LogP contribution in [0.2, 0.25) is 0 Å². The molecule has 1 fully saturated rings. The molecule has 0 atom stereocenters. The number of carbonyl (C=O) groups excluding carboxylic acids is 2. The molecule has 1 saturated heterocycles. The summed E-state index contributed by atoms with van der Waals surface area (Å²) in [5, 5.41) is 9.45. The number of benzene rings is 1. The molecule has 2 aromatic heterocycles. The number of nitrogens with zero attached hydrogens (tertiary/aromatic N) is 4. The molecule has 0 radical (unpaired) electrons. The predicted molar refractivity (Wildman–Crippen MR) is 108 cm³/mol. The minimum atomic E-state index is -3.90. The number of pyridine rings is 1. The molecule has 2 amide bonds. The van der Waals surface area contributed by atoms with E-state index in [1.54, 1.807) is 36.8 Å². The summed E-state index contributed by atoms with van der Waals surface area (Å²) >= 11 is 0. The highest BCUT2D eigenvalue weighted by atomic mass is 32.2.